The van der Waals surface area contributed by atoms with Gasteiger partial charge in [-0.1, -0.05) is 48.5 Å². The lowest BCUT2D eigenvalue weighted by Crippen LogP contribution is -2.06. The second kappa shape index (κ2) is 8.82. The average molecular weight is 474 g/mol. The maximum atomic E-state index is 12.2. The van der Waals surface area contributed by atoms with Gasteiger partial charge in [0.2, 0.25) is 0 Å². The largest absolute Gasteiger partial charge is 0.487 e. The maximum absolute atomic E-state index is 12.2. The third-order valence-corrected chi connectivity index (χ3v) is 6.53. The summed E-state index contributed by atoms with van der Waals surface area (Å²) in [6.07, 6.45) is 0. The molecule has 3 heterocycles. The highest BCUT2D eigenvalue weighted by Crippen LogP contribution is 2.31. The van der Waals surface area contributed by atoms with Crippen molar-refractivity contribution < 1.29 is 14.6 Å². The van der Waals surface area contributed by atoms with Crippen molar-refractivity contribution in [3.63, 3.8) is 0 Å². The second-order valence-corrected chi connectivity index (χ2v) is 8.81. The highest BCUT2D eigenvalue weighted by Gasteiger charge is 2.20. The molecule has 0 bridgehead atoms. The number of hydrogen-bond acceptors (Lipinski definition) is 4. The molecule has 0 radical (unpaired) electrons. The van der Waals surface area contributed by atoms with Crippen molar-refractivity contribution in [2.45, 2.75) is 20.1 Å². The number of benzene rings is 3. The Kier molecular flexibility index (Phi) is 5.34. The van der Waals surface area contributed by atoms with Gasteiger partial charge in [-0.25, -0.2) is 9.78 Å². The minimum Gasteiger partial charge on any atom is -0.487 e. The molecule has 3 aromatic carbocycles. The third kappa shape index (κ3) is 3.92. The summed E-state index contributed by atoms with van der Waals surface area (Å²) in [5.74, 6) is -0.364. The predicted octanol–water partition coefficient (Wildman–Crippen LogP) is 6.37. The van der Waals surface area contributed by atoms with Crippen molar-refractivity contribution in [1.29, 1.82) is 0 Å². The molecule has 3 aromatic heterocycles. The number of ether oxygens (including phenoxy) is 1. The van der Waals surface area contributed by atoms with E-state index in [4.69, 9.17) is 9.72 Å². The van der Waals surface area contributed by atoms with E-state index in [1.165, 1.54) is 0 Å². The van der Waals surface area contributed by atoms with Crippen LogP contribution in [0.25, 0.3) is 32.7 Å². The summed E-state index contributed by atoms with van der Waals surface area (Å²) in [5.41, 5.74) is 5.30. The van der Waals surface area contributed by atoms with Crippen LogP contribution in [0, 0.1) is 6.92 Å². The SMILES string of the molecule is Cc1c(C(=O)O)c2cc(OCc3ccc4ccccc4n3)ccc2n1Cc1ccc2ccccc2n1. The standard InChI is InChI=1S/C30H23N3O3/c1-19-29(30(34)35)25-16-24(36-18-23-13-11-21-7-3-5-9-27(21)32-23)14-15-28(25)33(19)17-22-12-10-20-6-2-4-8-26(20)31-22/h2-16H,17-18H2,1H3,(H,34,35). The van der Waals surface area contributed by atoms with Crippen LogP contribution in [0.5, 0.6) is 5.75 Å². The first-order valence-corrected chi connectivity index (χ1v) is 11.7. The quantitative estimate of drug-likeness (QED) is 0.304. The van der Waals surface area contributed by atoms with Gasteiger partial charge >= 0.3 is 5.97 Å². The summed E-state index contributed by atoms with van der Waals surface area (Å²) in [6, 6.07) is 29.5. The second-order valence-electron chi connectivity index (χ2n) is 8.81. The summed E-state index contributed by atoms with van der Waals surface area (Å²) in [4.78, 5) is 21.6. The normalized spacial score (nSPS) is 11.4. The molecule has 0 spiro atoms. The van der Waals surface area contributed by atoms with Crippen LogP contribution >= 0.6 is 0 Å². The summed E-state index contributed by atoms with van der Waals surface area (Å²) in [6.45, 7) is 2.60. The molecule has 176 valence electrons. The minimum absolute atomic E-state index is 0.278. The fraction of sp³-hybridized carbons (Fsp3) is 0.100. The van der Waals surface area contributed by atoms with E-state index < -0.39 is 5.97 Å². The van der Waals surface area contributed by atoms with Crippen LogP contribution in [-0.2, 0) is 13.2 Å². The van der Waals surface area contributed by atoms with E-state index in [0.717, 1.165) is 38.7 Å². The lowest BCUT2D eigenvalue weighted by atomic mass is 10.1. The molecular weight excluding hydrogens is 450 g/mol. The van der Waals surface area contributed by atoms with E-state index in [-0.39, 0.29) is 5.56 Å². The molecule has 6 nitrogen and oxygen atoms in total. The molecule has 6 aromatic rings. The van der Waals surface area contributed by atoms with Gasteiger partial charge in [-0.2, -0.15) is 0 Å². The molecule has 1 N–H and O–H groups in total. The first-order valence-electron chi connectivity index (χ1n) is 11.7. The van der Waals surface area contributed by atoms with Gasteiger partial charge < -0.3 is 14.4 Å². The molecule has 0 atom stereocenters. The smallest absolute Gasteiger partial charge is 0.338 e. The van der Waals surface area contributed by atoms with Crippen molar-refractivity contribution in [2.24, 2.45) is 0 Å². The Bertz CT molecular complexity index is 1770. The van der Waals surface area contributed by atoms with Gasteiger partial charge in [-0.05, 0) is 49.4 Å². The summed E-state index contributed by atoms with van der Waals surface area (Å²) in [7, 11) is 0. The number of nitrogens with zero attached hydrogens (tertiary/aromatic N) is 3. The first kappa shape index (κ1) is 21.8. The van der Waals surface area contributed by atoms with Gasteiger partial charge in [-0.3, -0.25) is 4.98 Å². The number of para-hydroxylation sites is 2. The highest BCUT2D eigenvalue weighted by atomic mass is 16.5. The van der Waals surface area contributed by atoms with Crippen molar-refractivity contribution in [3.8, 4) is 5.75 Å². The van der Waals surface area contributed by atoms with Crippen molar-refractivity contribution in [1.82, 2.24) is 14.5 Å². The van der Waals surface area contributed by atoms with Crippen LogP contribution < -0.4 is 4.74 Å². The van der Waals surface area contributed by atoms with E-state index in [0.29, 0.717) is 30.0 Å². The molecule has 0 aliphatic carbocycles. The van der Waals surface area contributed by atoms with E-state index in [1.54, 1.807) is 6.07 Å². The molecule has 0 aliphatic rings. The molecule has 0 aliphatic heterocycles. The Labute approximate surface area is 207 Å². The Morgan fingerprint density at radius 2 is 1.47 bits per heavy atom. The Balaban J connectivity index is 1.33. The zero-order valence-electron chi connectivity index (χ0n) is 19.7. The zero-order valence-corrected chi connectivity index (χ0v) is 19.7. The van der Waals surface area contributed by atoms with Crippen molar-refractivity contribution in [2.75, 3.05) is 0 Å². The molecule has 0 saturated carbocycles. The van der Waals surface area contributed by atoms with Crippen molar-refractivity contribution in [3.05, 3.63) is 114 Å². The molecule has 0 saturated heterocycles. The van der Waals surface area contributed by atoms with E-state index in [2.05, 4.69) is 4.98 Å². The Morgan fingerprint density at radius 1 is 0.833 bits per heavy atom. The predicted molar refractivity (Wildman–Crippen MR) is 141 cm³/mol. The lowest BCUT2D eigenvalue weighted by Gasteiger charge is -2.10. The average Bonchev–Trinajstić information content (AvgIpc) is 3.17. The summed E-state index contributed by atoms with van der Waals surface area (Å²) >= 11 is 0. The van der Waals surface area contributed by atoms with Crippen molar-refractivity contribution >= 4 is 38.7 Å². The lowest BCUT2D eigenvalue weighted by molar-refractivity contribution is 0.0698. The minimum atomic E-state index is -0.962. The molecule has 6 heteroatoms. The van der Waals surface area contributed by atoms with Gasteiger partial charge in [0.15, 0.2) is 0 Å². The molecule has 36 heavy (non-hydrogen) atoms. The van der Waals surface area contributed by atoms with Crippen LogP contribution in [0.1, 0.15) is 27.4 Å². The zero-order chi connectivity index (χ0) is 24.6. The third-order valence-electron chi connectivity index (χ3n) is 6.53. The first-order chi connectivity index (χ1) is 17.6. The van der Waals surface area contributed by atoms with E-state index >= 15 is 0 Å². The number of carboxylic acid groups (broad SMARTS) is 1. The van der Waals surface area contributed by atoms with Crippen LogP contribution in [0.4, 0.5) is 0 Å². The number of hydrogen-bond donors (Lipinski definition) is 1. The van der Waals surface area contributed by atoms with Crippen LogP contribution in [0.15, 0.2) is 91.0 Å². The molecular formula is C30H23N3O3. The van der Waals surface area contributed by atoms with Gasteiger partial charge in [0.05, 0.1) is 34.5 Å². The summed E-state index contributed by atoms with van der Waals surface area (Å²) in [5, 5.41) is 12.8. The Morgan fingerprint density at radius 3 is 2.17 bits per heavy atom. The van der Waals surface area contributed by atoms with Crippen LogP contribution in [-0.4, -0.2) is 25.6 Å². The number of carbonyl (C=O) groups is 1. The van der Waals surface area contributed by atoms with E-state index in [1.807, 2.05) is 96.4 Å². The maximum Gasteiger partial charge on any atom is 0.338 e. The number of rotatable bonds is 6. The number of carboxylic acids is 1. The van der Waals surface area contributed by atoms with Crippen LogP contribution in [0.2, 0.25) is 0 Å². The molecule has 0 amide bonds. The summed E-state index contributed by atoms with van der Waals surface area (Å²) < 4.78 is 8.03. The number of aromatic nitrogens is 3. The molecule has 6 rings (SSSR count). The fourth-order valence-corrected chi connectivity index (χ4v) is 4.73. The van der Waals surface area contributed by atoms with Gasteiger partial charge in [0.25, 0.3) is 0 Å². The number of aromatic carboxylic acids is 1. The fourth-order valence-electron chi connectivity index (χ4n) is 4.73. The van der Waals surface area contributed by atoms with Gasteiger partial charge in [-0.15, -0.1) is 0 Å². The van der Waals surface area contributed by atoms with E-state index in [9.17, 15) is 9.90 Å². The molecule has 0 unspecified atom stereocenters. The highest BCUT2D eigenvalue weighted by molar-refractivity contribution is 6.05. The van der Waals surface area contributed by atoms with Gasteiger partial charge in [0, 0.05) is 27.4 Å². The van der Waals surface area contributed by atoms with Crippen LogP contribution in [0.3, 0.4) is 0 Å². The number of pyridine rings is 2. The Hall–Kier alpha value is -4.71. The van der Waals surface area contributed by atoms with Gasteiger partial charge in [0.1, 0.15) is 12.4 Å². The topological polar surface area (TPSA) is 77.2 Å². The monoisotopic (exact) mass is 473 g/mol. The number of fused-ring (bicyclic) bond motifs is 3. The molecule has 0 fully saturated rings.